The maximum atomic E-state index is 12.6. The highest BCUT2D eigenvalue weighted by molar-refractivity contribution is 5.90. The molecule has 3 rings (SSSR count). The van der Waals surface area contributed by atoms with E-state index in [2.05, 4.69) is 5.32 Å². The fraction of sp³-hybridized carbons (Fsp3) is 0.333. The van der Waals surface area contributed by atoms with Crippen LogP contribution in [0.1, 0.15) is 23.5 Å². The zero-order valence-electron chi connectivity index (χ0n) is 16.3. The number of hydrogen-bond donors (Lipinski definition) is 2. The Hall–Kier alpha value is -3.22. The number of methoxy groups -OCH3 is 3. The van der Waals surface area contributed by atoms with Crippen LogP contribution >= 0.6 is 0 Å². The predicted molar refractivity (Wildman–Crippen MR) is 105 cm³/mol. The summed E-state index contributed by atoms with van der Waals surface area (Å²) in [7, 11) is 5.91. The summed E-state index contributed by atoms with van der Waals surface area (Å²) < 4.78 is 15.9. The van der Waals surface area contributed by atoms with Crippen molar-refractivity contribution in [1.82, 2.24) is 5.32 Å². The molecule has 0 saturated carbocycles. The minimum atomic E-state index is -0.532. The maximum Gasteiger partial charge on any atom is 0.227 e. The van der Waals surface area contributed by atoms with Crippen molar-refractivity contribution in [2.24, 2.45) is 0 Å². The van der Waals surface area contributed by atoms with Gasteiger partial charge in [0.2, 0.25) is 17.1 Å². The summed E-state index contributed by atoms with van der Waals surface area (Å²) in [5, 5.41) is 13.3. The average Bonchev–Trinajstić information content (AvgIpc) is 2.95. The van der Waals surface area contributed by atoms with E-state index in [4.69, 9.17) is 14.2 Å². The summed E-state index contributed by atoms with van der Waals surface area (Å²) in [5.74, 6) is -0.150. The topological polar surface area (TPSA) is 94.1 Å². The van der Waals surface area contributed by atoms with Crippen LogP contribution in [0, 0.1) is 0 Å². The fourth-order valence-corrected chi connectivity index (χ4v) is 3.74. The molecule has 1 atom stereocenters. The number of phenols is 1. The fourth-order valence-electron chi connectivity index (χ4n) is 3.74. The second-order valence-electron chi connectivity index (χ2n) is 6.48. The number of hydrogen-bond acceptors (Lipinski definition) is 6. The SMILES string of the molecule is CNC(=O)C1CCc2cc(OC)c(O)c(OC)c2-c2ccc(OC)c(=O)cc21. The standard InChI is InChI=1S/C21H23NO6/c1-22-21(25)13-6-5-11-9-17(27-3)19(24)20(28-4)18(11)12-7-8-16(26-2)15(23)10-14(12)13/h7-10,13,24H,5-6H2,1-4H3,(H,22,25). The van der Waals surface area contributed by atoms with Gasteiger partial charge in [-0.3, -0.25) is 9.59 Å². The van der Waals surface area contributed by atoms with E-state index in [-0.39, 0.29) is 34.3 Å². The minimum absolute atomic E-state index is 0.131. The number of benzene rings is 1. The summed E-state index contributed by atoms with van der Waals surface area (Å²) in [6.45, 7) is 0. The number of likely N-dealkylation sites (N-methyl/N-ethyl adjacent to an activating group) is 1. The number of carbonyl (C=O) groups is 1. The summed E-state index contributed by atoms with van der Waals surface area (Å²) >= 11 is 0. The molecule has 1 aliphatic carbocycles. The van der Waals surface area contributed by atoms with E-state index >= 15 is 0 Å². The highest BCUT2D eigenvalue weighted by Gasteiger charge is 2.31. The molecule has 0 aromatic heterocycles. The van der Waals surface area contributed by atoms with Gasteiger partial charge in [0.05, 0.1) is 27.2 Å². The maximum absolute atomic E-state index is 12.6. The van der Waals surface area contributed by atoms with E-state index in [1.54, 1.807) is 25.2 Å². The smallest absolute Gasteiger partial charge is 0.227 e. The number of rotatable bonds is 4. The van der Waals surface area contributed by atoms with E-state index in [1.807, 2.05) is 0 Å². The van der Waals surface area contributed by atoms with Crippen molar-refractivity contribution in [3.05, 3.63) is 45.6 Å². The van der Waals surface area contributed by atoms with Crippen LogP contribution in [0.15, 0.2) is 29.1 Å². The van der Waals surface area contributed by atoms with E-state index in [1.165, 1.54) is 27.4 Å². The number of aromatic hydroxyl groups is 1. The lowest BCUT2D eigenvalue weighted by molar-refractivity contribution is -0.122. The molecule has 0 heterocycles. The van der Waals surface area contributed by atoms with Crippen molar-refractivity contribution in [3.63, 3.8) is 0 Å². The lowest BCUT2D eigenvalue weighted by atomic mass is 9.92. The zero-order valence-corrected chi connectivity index (χ0v) is 16.3. The zero-order chi connectivity index (χ0) is 20.4. The first kappa shape index (κ1) is 19.5. The van der Waals surface area contributed by atoms with E-state index in [0.29, 0.717) is 29.5 Å². The van der Waals surface area contributed by atoms with Crippen LogP contribution in [0.4, 0.5) is 0 Å². The number of phenolic OH excluding ortho intramolecular Hbond substituents is 1. The molecular weight excluding hydrogens is 362 g/mol. The van der Waals surface area contributed by atoms with Gasteiger partial charge in [0.15, 0.2) is 17.2 Å². The Bertz CT molecular complexity index is 985. The van der Waals surface area contributed by atoms with Crippen LogP contribution in [0.25, 0.3) is 11.1 Å². The monoisotopic (exact) mass is 385 g/mol. The van der Waals surface area contributed by atoms with Gasteiger partial charge in [0.1, 0.15) is 0 Å². The van der Waals surface area contributed by atoms with Crippen molar-refractivity contribution in [2.75, 3.05) is 28.4 Å². The third-order valence-electron chi connectivity index (χ3n) is 5.10. The normalized spacial score (nSPS) is 14.9. The first-order valence-corrected chi connectivity index (χ1v) is 8.87. The van der Waals surface area contributed by atoms with Crippen molar-refractivity contribution >= 4 is 5.91 Å². The molecule has 2 aromatic rings. The molecule has 2 aromatic carbocycles. The second kappa shape index (κ2) is 7.80. The number of fused-ring (bicyclic) bond motifs is 3. The number of aryl methyl sites for hydroxylation is 1. The van der Waals surface area contributed by atoms with Gasteiger partial charge >= 0.3 is 0 Å². The molecule has 0 fully saturated rings. The molecule has 0 radical (unpaired) electrons. The molecule has 28 heavy (non-hydrogen) atoms. The second-order valence-corrected chi connectivity index (χ2v) is 6.48. The Morgan fingerprint density at radius 1 is 1.11 bits per heavy atom. The highest BCUT2D eigenvalue weighted by Crippen LogP contribution is 2.50. The Morgan fingerprint density at radius 2 is 1.82 bits per heavy atom. The van der Waals surface area contributed by atoms with Gasteiger partial charge in [0.25, 0.3) is 0 Å². The van der Waals surface area contributed by atoms with Crippen molar-refractivity contribution < 1.29 is 24.1 Å². The summed E-state index contributed by atoms with van der Waals surface area (Å²) in [4.78, 5) is 25.2. The van der Waals surface area contributed by atoms with Crippen molar-refractivity contribution in [3.8, 4) is 34.1 Å². The molecule has 0 bridgehead atoms. The summed E-state index contributed by atoms with van der Waals surface area (Å²) in [6, 6.07) is 6.47. The summed E-state index contributed by atoms with van der Waals surface area (Å²) in [5.41, 5.74) is 2.37. The quantitative estimate of drug-likeness (QED) is 0.838. The van der Waals surface area contributed by atoms with Crippen LogP contribution < -0.4 is 25.0 Å². The molecule has 7 nitrogen and oxygen atoms in total. The number of carbonyl (C=O) groups excluding carboxylic acids is 1. The number of amides is 1. The van der Waals surface area contributed by atoms with E-state index in [0.717, 1.165) is 5.56 Å². The lowest BCUT2D eigenvalue weighted by Gasteiger charge is -2.17. The van der Waals surface area contributed by atoms with Gasteiger partial charge < -0.3 is 24.6 Å². The molecular formula is C21H23NO6. The average molecular weight is 385 g/mol. The minimum Gasteiger partial charge on any atom is -0.502 e. The van der Waals surface area contributed by atoms with Crippen molar-refractivity contribution in [2.45, 2.75) is 18.8 Å². The van der Waals surface area contributed by atoms with Crippen LogP contribution in [0.2, 0.25) is 0 Å². The lowest BCUT2D eigenvalue weighted by Crippen LogP contribution is -2.26. The number of nitrogens with one attached hydrogen (secondary N) is 1. The molecule has 1 aliphatic rings. The molecule has 0 spiro atoms. The molecule has 7 heteroatoms. The van der Waals surface area contributed by atoms with Gasteiger partial charge in [-0.25, -0.2) is 0 Å². The van der Waals surface area contributed by atoms with Crippen LogP contribution in [0.3, 0.4) is 0 Å². The highest BCUT2D eigenvalue weighted by atomic mass is 16.5. The van der Waals surface area contributed by atoms with Gasteiger partial charge in [-0.05, 0) is 47.7 Å². The third kappa shape index (κ3) is 3.13. The first-order chi connectivity index (χ1) is 13.5. The predicted octanol–water partition coefficient (Wildman–Crippen LogP) is 2.22. The van der Waals surface area contributed by atoms with Gasteiger partial charge in [-0.15, -0.1) is 0 Å². The molecule has 1 unspecified atom stereocenters. The Kier molecular flexibility index (Phi) is 5.44. The molecule has 148 valence electrons. The first-order valence-electron chi connectivity index (χ1n) is 8.87. The number of ether oxygens (including phenoxy) is 3. The Balaban J connectivity index is 2.43. The van der Waals surface area contributed by atoms with E-state index < -0.39 is 5.92 Å². The van der Waals surface area contributed by atoms with Crippen LogP contribution in [0.5, 0.6) is 23.0 Å². The Labute approximate surface area is 162 Å². The third-order valence-corrected chi connectivity index (χ3v) is 5.10. The largest absolute Gasteiger partial charge is 0.502 e. The molecule has 2 N–H and O–H groups in total. The van der Waals surface area contributed by atoms with Crippen LogP contribution in [-0.2, 0) is 11.2 Å². The van der Waals surface area contributed by atoms with Gasteiger partial charge in [-0.1, -0.05) is 6.07 Å². The van der Waals surface area contributed by atoms with Gasteiger partial charge in [0, 0.05) is 12.6 Å². The Morgan fingerprint density at radius 3 is 2.43 bits per heavy atom. The van der Waals surface area contributed by atoms with Crippen molar-refractivity contribution in [1.29, 1.82) is 0 Å². The molecule has 0 aliphatic heterocycles. The molecule has 1 amide bonds. The van der Waals surface area contributed by atoms with E-state index in [9.17, 15) is 14.7 Å². The van der Waals surface area contributed by atoms with Gasteiger partial charge in [-0.2, -0.15) is 0 Å². The van der Waals surface area contributed by atoms with Crippen LogP contribution in [-0.4, -0.2) is 39.4 Å². The summed E-state index contributed by atoms with van der Waals surface area (Å²) in [6.07, 6.45) is 1.03. The molecule has 0 saturated heterocycles.